The summed E-state index contributed by atoms with van der Waals surface area (Å²) in [6.07, 6.45) is 1.20. The van der Waals surface area contributed by atoms with Gasteiger partial charge in [-0.15, -0.1) is 0 Å². The van der Waals surface area contributed by atoms with Crippen LogP contribution in [0.5, 0.6) is 17.2 Å². The summed E-state index contributed by atoms with van der Waals surface area (Å²) in [6.45, 7) is 0. The van der Waals surface area contributed by atoms with Gasteiger partial charge in [-0.05, 0) is 34.3 Å². The molecular formula is C23H24O3. The Bertz CT molecular complexity index is 896. The largest absolute Gasteiger partial charge is 0.496 e. The van der Waals surface area contributed by atoms with Crippen molar-refractivity contribution in [3.63, 3.8) is 0 Å². The Morgan fingerprint density at radius 1 is 0.615 bits per heavy atom. The summed E-state index contributed by atoms with van der Waals surface area (Å²) in [5.74, 6) is 1.97. The minimum atomic E-state index is 0.368. The van der Waals surface area contributed by atoms with Crippen LogP contribution in [0.3, 0.4) is 0 Å². The minimum absolute atomic E-state index is 0.368. The summed E-state index contributed by atoms with van der Waals surface area (Å²) in [7, 11) is 4.84. The molecule has 0 unspecified atom stereocenters. The maximum absolute atomic E-state index is 8.04. The van der Waals surface area contributed by atoms with Crippen LogP contribution in [0.4, 0.5) is 0 Å². The van der Waals surface area contributed by atoms with Crippen LogP contribution in [0.15, 0.2) is 66.7 Å². The average Bonchev–Trinajstić information content (AvgIpc) is 2.69. The van der Waals surface area contributed by atoms with E-state index in [1.54, 1.807) is 33.5 Å². The summed E-state index contributed by atoms with van der Waals surface area (Å²) in [4.78, 5) is 0. The monoisotopic (exact) mass is 352 g/mol. The topological polar surface area (TPSA) is 27.7 Å². The molecule has 0 saturated heterocycles. The Labute approximate surface area is 158 Å². The molecule has 3 aromatic rings. The van der Waals surface area contributed by atoms with Crippen LogP contribution in [0.1, 0.15) is 25.0 Å². The van der Waals surface area contributed by atoms with Crippen molar-refractivity contribution in [3.05, 3.63) is 88.9 Å². The average molecular weight is 352 g/mol. The molecule has 0 radical (unpaired) electrons. The highest BCUT2D eigenvalue weighted by Gasteiger charge is 2.13. The number of benzene rings is 3. The van der Waals surface area contributed by atoms with E-state index in [1.807, 2.05) is 42.5 Å². The van der Waals surface area contributed by atoms with Gasteiger partial charge >= 0.3 is 0 Å². The molecule has 134 valence electrons. The van der Waals surface area contributed by atoms with Gasteiger partial charge in [-0.25, -0.2) is 0 Å². The van der Waals surface area contributed by atoms with Gasteiger partial charge in [0.2, 0.25) is 0 Å². The zero-order valence-corrected chi connectivity index (χ0v) is 15.3. The summed E-state index contributed by atoms with van der Waals surface area (Å²) in [5.41, 5.74) is 3.92. The van der Waals surface area contributed by atoms with Gasteiger partial charge in [0.15, 0.2) is 0 Å². The Kier molecular flexibility index (Phi) is 4.97. The Morgan fingerprint density at radius 3 is 1.50 bits per heavy atom. The number of para-hydroxylation sites is 3. The molecule has 0 bridgehead atoms. The van der Waals surface area contributed by atoms with Crippen molar-refractivity contribution in [1.82, 2.24) is 0 Å². The summed E-state index contributed by atoms with van der Waals surface area (Å²) in [5, 5.41) is 0. The molecule has 3 aromatic carbocycles. The van der Waals surface area contributed by atoms with E-state index in [0.717, 1.165) is 28.0 Å². The molecule has 0 aliphatic heterocycles. The van der Waals surface area contributed by atoms with Crippen LogP contribution in [-0.2, 0) is 12.8 Å². The zero-order chi connectivity index (χ0) is 20.1. The lowest BCUT2D eigenvalue weighted by atomic mass is 9.97. The van der Waals surface area contributed by atoms with Gasteiger partial charge in [0.25, 0.3) is 0 Å². The minimum Gasteiger partial charge on any atom is -0.496 e. The second-order valence-electron chi connectivity index (χ2n) is 5.92. The van der Waals surface area contributed by atoms with Crippen molar-refractivity contribution >= 4 is 0 Å². The van der Waals surface area contributed by atoms with Gasteiger partial charge in [0.05, 0.1) is 24.1 Å². The number of rotatable bonds is 7. The Morgan fingerprint density at radius 2 is 1.08 bits per heavy atom. The van der Waals surface area contributed by atoms with Crippen molar-refractivity contribution in [3.8, 4) is 17.2 Å². The maximum atomic E-state index is 8.04. The van der Waals surface area contributed by atoms with Gasteiger partial charge in [0.1, 0.15) is 17.2 Å². The third-order valence-electron chi connectivity index (χ3n) is 4.35. The van der Waals surface area contributed by atoms with Crippen molar-refractivity contribution < 1.29 is 17.0 Å². The fraction of sp³-hybridized carbons (Fsp3) is 0.217. The summed E-state index contributed by atoms with van der Waals surface area (Å²) in [6, 6.07) is 17.9. The molecule has 0 aliphatic carbocycles. The highest BCUT2D eigenvalue weighted by molar-refractivity contribution is 5.49. The first-order valence-electron chi connectivity index (χ1n) is 9.48. The van der Waals surface area contributed by atoms with Crippen LogP contribution in [0.25, 0.3) is 0 Å². The lowest BCUT2D eigenvalue weighted by molar-refractivity contribution is 0.401. The van der Waals surface area contributed by atoms with E-state index in [4.69, 9.17) is 17.0 Å². The summed E-state index contributed by atoms with van der Waals surface area (Å²) >= 11 is 0. The normalized spacial score (nSPS) is 11.5. The van der Waals surface area contributed by atoms with Gasteiger partial charge < -0.3 is 14.2 Å². The van der Waals surface area contributed by atoms with Crippen LogP contribution in [0.2, 0.25) is 0 Å². The lowest BCUT2D eigenvalue weighted by Crippen LogP contribution is -2.01. The molecule has 0 aromatic heterocycles. The van der Waals surface area contributed by atoms with E-state index in [0.29, 0.717) is 36.4 Å². The number of methoxy groups -OCH3 is 3. The molecule has 0 heterocycles. The Balaban J connectivity index is 1.99. The number of ether oxygens (including phenoxy) is 3. The lowest BCUT2D eigenvalue weighted by Gasteiger charge is -2.16. The smallest absolute Gasteiger partial charge is 0.125 e. The first-order chi connectivity index (χ1) is 13.6. The number of hydrogen-bond acceptors (Lipinski definition) is 3. The molecule has 0 N–H and O–H groups in total. The molecule has 0 spiro atoms. The molecule has 3 nitrogen and oxygen atoms in total. The predicted molar refractivity (Wildman–Crippen MR) is 105 cm³/mol. The third kappa shape index (κ3) is 3.83. The molecule has 0 saturated carbocycles. The molecule has 3 rings (SSSR count). The Hall–Kier alpha value is -2.94. The van der Waals surface area contributed by atoms with Crippen LogP contribution < -0.4 is 14.2 Å². The fourth-order valence-corrected chi connectivity index (χ4v) is 3.16. The van der Waals surface area contributed by atoms with Gasteiger partial charge in [-0.2, -0.15) is 0 Å². The second-order valence-corrected chi connectivity index (χ2v) is 5.92. The highest BCUT2D eigenvalue weighted by atomic mass is 16.5. The zero-order valence-electron chi connectivity index (χ0n) is 17.3. The first kappa shape index (κ1) is 15.3. The summed E-state index contributed by atoms with van der Waals surface area (Å²) < 4.78 is 32.7. The van der Waals surface area contributed by atoms with E-state index in [9.17, 15) is 0 Å². The molecule has 0 atom stereocenters. The molecule has 0 aliphatic rings. The molecule has 3 heteroatoms. The van der Waals surface area contributed by atoms with E-state index < -0.39 is 0 Å². The third-order valence-corrected chi connectivity index (χ3v) is 4.35. The standard InChI is InChI=1S/C23H24O3/c1-24-21-13-6-4-9-17(21)15-19-11-8-12-20(23(19)26-3)16-18-10-5-7-14-22(18)25-2/h4-14H,15-16H2,1-3H3/i13T,14T. The van der Waals surface area contributed by atoms with Crippen LogP contribution in [0, 0.1) is 0 Å². The highest BCUT2D eigenvalue weighted by Crippen LogP contribution is 2.32. The van der Waals surface area contributed by atoms with Crippen molar-refractivity contribution in [2.75, 3.05) is 21.3 Å². The van der Waals surface area contributed by atoms with Gasteiger partial charge in [0, 0.05) is 12.8 Å². The SMILES string of the molecule is [3H]c1cccc(Cc2cccc(Cc3cccc([3H])c3OC)c2OC)c1OC. The number of hydrogen-bond donors (Lipinski definition) is 0. The quantitative estimate of drug-likeness (QED) is 0.606. The van der Waals surface area contributed by atoms with E-state index >= 15 is 0 Å². The fourth-order valence-electron chi connectivity index (χ4n) is 3.16. The van der Waals surface area contributed by atoms with Gasteiger partial charge in [-0.3, -0.25) is 0 Å². The van der Waals surface area contributed by atoms with E-state index in [1.165, 1.54) is 0 Å². The molecule has 26 heavy (non-hydrogen) atoms. The van der Waals surface area contributed by atoms with E-state index in [-0.39, 0.29) is 0 Å². The molecular weight excluding hydrogens is 324 g/mol. The van der Waals surface area contributed by atoms with Crippen molar-refractivity contribution in [2.45, 2.75) is 12.8 Å². The van der Waals surface area contributed by atoms with Crippen molar-refractivity contribution in [2.24, 2.45) is 0 Å². The maximum Gasteiger partial charge on any atom is 0.125 e. The second kappa shape index (κ2) is 8.43. The van der Waals surface area contributed by atoms with Crippen LogP contribution >= 0.6 is 0 Å². The molecule has 0 amide bonds. The predicted octanol–water partition coefficient (Wildman–Crippen LogP) is 4.89. The van der Waals surface area contributed by atoms with Crippen molar-refractivity contribution in [1.29, 1.82) is 0 Å². The van der Waals surface area contributed by atoms with Gasteiger partial charge in [-0.1, -0.05) is 54.6 Å². The molecule has 0 fully saturated rings. The van der Waals surface area contributed by atoms with Crippen LogP contribution in [-0.4, -0.2) is 21.3 Å². The van der Waals surface area contributed by atoms with E-state index in [2.05, 4.69) is 0 Å². The first-order valence-corrected chi connectivity index (χ1v) is 8.48.